The third-order valence-electron chi connectivity index (χ3n) is 5.06. The van der Waals surface area contributed by atoms with E-state index in [4.69, 9.17) is 0 Å². The lowest BCUT2D eigenvalue weighted by atomic mass is 10.1. The number of hydrogen-bond donors (Lipinski definition) is 1. The van der Waals surface area contributed by atoms with Crippen LogP contribution in [0.4, 0.5) is 8.78 Å². The second-order valence-corrected chi connectivity index (χ2v) is 8.49. The number of carbonyl (C=O) groups excluding carboxylic acids is 2. The molecule has 0 heterocycles. The summed E-state index contributed by atoms with van der Waals surface area (Å²) < 4.78 is 26.4. The predicted molar refractivity (Wildman–Crippen MR) is 121 cm³/mol. The lowest BCUT2D eigenvalue weighted by Gasteiger charge is -2.31. The van der Waals surface area contributed by atoms with Crippen molar-refractivity contribution in [2.24, 2.45) is 0 Å². The van der Waals surface area contributed by atoms with E-state index in [0.717, 1.165) is 17.5 Å². The summed E-state index contributed by atoms with van der Waals surface area (Å²) in [6.45, 7) is 6.01. The third kappa shape index (κ3) is 7.98. The normalized spacial score (nSPS) is 12.8. The summed E-state index contributed by atoms with van der Waals surface area (Å²) in [4.78, 5) is 27.5. The first-order valence-electron chi connectivity index (χ1n) is 10.5. The number of halogens is 2. The average molecular weight is 449 g/mol. The number of rotatable bonds is 11. The van der Waals surface area contributed by atoms with Crippen molar-refractivity contribution in [1.82, 2.24) is 10.2 Å². The third-order valence-corrected chi connectivity index (χ3v) is 6.05. The quantitative estimate of drug-likeness (QED) is 0.531. The van der Waals surface area contributed by atoms with Crippen LogP contribution in [0.1, 0.15) is 44.7 Å². The zero-order valence-corrected chi connectivity index (χ0v) is 19.1. The summed E-state index contributed by atoms with van der Waals surface area (Å²) in [6, 6.07) is 11.5. The second-order valence-electron chi connectivity index (χ2n) is 7.51. The maximum absolute atomic E-state index is 13.3. The highest BCUT2D eigenvalue weighted by atomic mass is 32.2. The molecular formula is C24H30F2N2O2S. The Morgan fingerprint density at radius 3 is 2.00 bits per heavy atom. The van der Waals surface area contributed by atoms with Crippen LogP contribution in [-0.4, -0.2) is 34.6 Å². The molecule has 0 bridgehead atoms. The zero-order valence-electron chi connectivity index (χ0n) is 18.2. The highest BCUT2D eigenvalue weighted by Crippen LogP contribution is 2.18. The Hall–Kier alpha value is -2.41. The van der Waals surface area contributed by atoms with Crippen LogP contribution >= 0.6 is 11.8 Å². The molecule has 0 saturated heterocycles. The number of carbonyl (C=O) groups is 2. The Bertz CT molecular complexity index is 844. The van der Waals surface area contributed by atoms with Gasteiger partial charge in [0.15, 0.2) is 0 Å². The van der Waals surface area contributed by atoms with Crippen LogP contribution in [0.2, 0.25) is 0 Å². The molecule has 168 valence electrons. The fraction of sp³-hybridized carbons (Fsp3) is 0.417. The monoisotopic (exact) mass is 448 g/mol. The lowest BCUT2D eigenvalue weighted by molar-refractivity contribution is -0.139. The minimum atomic E-state index is -0.613. The van der Waals surface area contributed by atoms with Crippen molar-refractivity contribution >= 4 is 23.6 Å². The largest absolute Gasteiger partial charge is 0.352 e. The SMILES string of the molecule is CCC(C)NC(=O)C(CC)N(Cc1ccc(F)cc1)C(=O)CSCc1ccc(F)cc1. The molecule has 2 aromatic rings. The van der Waals surface area contributed by atoms with Gasteiger partial charge in [0.1, 0.15) is 17.7 Å². The Morgan fingerprint density at radius 1 is 0.935 bits per heavy atom. The van der Waals surface area contributed by atoms with Gasteiger partial charge in [-0.2, -0.15) is 0 Å². The average Bonchev–Trinajstić information content (AvgIpc) is 2.76. The van der Waals surface area contributed by atoms with E-state index >= 15 is 0 Å². The summed E-state index contributed by atoms with van der Waals surface area (Å²) in [5.41, 5.74) is 1.68. The van der Waals surface area contributed by atoms with Crippen LogP contribution in [0.25, 0.3) is 0 Å². The van der Waals surface area contributed by atoms with Gasteiger partial charge in [0.05, 0.1) is 5.75 Å². The van der Waals surface area contributed by atoms with E-state index < -0.39 is 6.04 Å². The van der Waals surface area contributed by atoms with Gasteiger partial charge in [-0.1, -0.05) is 38.1 Å². The Labute approximate surface area is 187 Å². The summed E-state index contributed by atoms with van der Waals surface area (Å²) in [5, 5.41) is 2.96. The van der Waals surface area contributed by atoms with E-state index in [1.54, 1.807) is 29.2 Å². The molecular weight excluding hydrogens is 418 g/mol. The van der Waals surface area contributed by atoms with E-state index in [9.17, 15) is 18.4 Å². The lowest BCUT2D eigenvalue weighted by Crippen LogP contribution is -2.51. The Kier molecular flexibility index (Phi) is 9.98. The van der Waals surface area contributed by atoms with E-state index in [1.165, 1.54) is 36.0 Å². The first-order chi connectivity index (χ1) is 14.8. The molecule has 2 atom stereocenters. The molecule has 2 amide bonds. The molecule has 0 radical (unpaired) electrons. The summed E-state index contributed by atoms with van der Waals surface area (Å²) in [7, 11) is 0. The van der Waals surface area contributed by atoms with Gasteiger partial charge in [-0.25, -0.2) is 8.78 Å². The number of thioether (sulfide) groups is 1. The smallest absolute Gasteiger partial charge is 0.243 e. The second kappa shape index (κ2) is 12.4. The van der Waals surface area contributed by atoms with Gasteiger partial charge in [-0.3, -0.25) is 9.59 Å². The van der Waals surface area contributed by atoms with Crippen LogP contribution in [-0.2, 0) is 21.9 Å². The minimum Gasteiger partial charge on any atom is -0.352 e. The Balaban J connectivity index is 2.12. The highest BCUT2D eigenvalue weighted by molar-refractivity contribution is 7.99. The first kappa shape index (κ1) is 24.9. The van der Waals surface area contributed by atoms with E-state index in [1.807, 2.05) is 20.8 Å². The minimum absolute atomic E-state index is 0.0113. The van der Waals surface area contributed by atoms with Crippen molar-refractivity contribution in [1.29, 1.82) is 0 Å². The predicted octanol–water partition coefficient (Wildman–Crippen LogP) is 4.92. The molecule has 0 aliphatic carbocycles. The maximum Gasteiger partial charge on any atom is 0.243 e. The fourth-order valence-electron chi connectivity index (χ4n) is 3.07. The van der Waals surface area contributed by atoms with Gasteiger partial charge in [-0.05, 0) is 55.2 Å². The molecule has 2 unspecified atom stereocenters. The molecule has 31 heavy (non-hydrogen) atoms. The molecule has 0 saturated carbocycles. The molecule has 2 aromatic carbocycles. The van der Waals surface area contributed by atoms with Crippen LogP contribution in [0.5, 0.6) is 0 Å². The van der Waals surface area contributed by atoms with Crippen LogP contribution in [0.3, 0.4) is 0 Å². The van der Waals surface area contributed by atoms with E-state index in [0.29, 0.717) is 12.2 Å². The highest BCUT2D eigenvalue weighted by Gasteiger charge is 2.29. The van der Waals surface area contributed by atoms with Crippen LogP contribution in [0, 0.1) is 11.6 Å². The standard InChI is InChI=1S/C24H30F2N2O2S/c1-4-17(3)27-24(30)22(5-2)28(14-18-6-10-20(25)11-7-18)23(29)16-31-15-19-8-12-21(26)13-9-19/h6-13,17,22H,4-5,14-16H2,1-3H3,(H,27,30). The molecule has 7 heteroatoms. The molecule has 0 fully saturated rings. The van der Waals surface area contributed by atoms with E-state index in [2.05, 4.69) is 5.32 Å². The topological polar surface area (TPSA) is 49.4 Å². The van der Waals surface area contributed by atoms with E-state index in [-0.39, 0.29) is 41.8 Å². The summed E-state index contributed by atoms with van der Waals surface area (Å²) in [5.74, 6) is -0.248. The van der Waals surface area contributed by atoms with Crippen molar-refractivity contribution in [2.45, 2.75) is 58.0 Å². The van der Waals surface area contributed by atoms with Gasteiger partial charge in [-0.15, -0.1) is 11.8 Å². The van der Waals surface area contributed by atoms with Gasteiger partial charge in [0.2, 0.25) is 11.8 Å². The van der Waals surface area contributed by atoms with Crippen molar-refractivity contribution in [3.63, 3.8) is 0 Å². The number of benzene rings is 2. The van der Waals surface area contributed by atoms with Gasteiger partial charge < -0.3 is 10.2 Å². The van der Waals surface area contributed by atoms with Crippen LogP contribution in [0.15, 0.2) is 48.5 Å². The van der Waals surface area contributed by atoms with Gasteiger partial charge in [0.25, 0.3) is 0 Å². The molecule has 0 aliphatic heterocycles. The number of amides is 2. The van der Waals surface area contributed by atoms with Crippen LogP contribution < -0.4 is 5.32 Å². The van der Waals surface area contributed by atoms with Crippen molar-refractivity contribution in [3.05, 3.63) is 71.3 Å². The molecule has 0 aromatic heterocycles. The number of nitrogens with zero attached hydrogens (tertiary/aromatic N) is 1. The summed E-state index contributed by atoms with van der Waals surface area (Å²) >= 11 is 1.41. The molecule has 4 nitrogen and oxygen atoms in total. The van der Waals surface area contributed by atoms with Crippen molar-refractivity contribution in [3.8, 4) is 0 Å². The number of nitrogens with one attached hydrogen (secondary N) is 1. The van der Waals surface area contributed by atoms with Crippen molar-refractivity contribution in [2.75, 3.05) is 5.75 Å². The maximum atomic E-state index is 13.3. The molecule has 1 N–H and O–H groups in total. The molecule has 2 rings (SSSR count). The molecule has 0 spiro atoms. The van der Waals surface area contributed by atoms with Gasteiger partial charge in [0, 0.05) is 18.3 Å². The van der Waals surface area contributed by atoms with Crippen molar-refractivity contribution < 1.29 is 18.4 Å². The van der Waals surface area contributed by atoms with Gasteiger partial charge >= 0.3 is 0 Å². The fourth-order valence-corrected chi connectivity index (χ4v) is 3.94. The molecule has 0 aliphatic rings. The number of hydrogen-bond acceptors (Lipinski definition) is 3. The Morgan fingerprint density at radius 2 is 1.48 bits per heavy atom. The zero-order chi connectivity index (χ0) is 22.8. The summed E-state index contributed by atoms with van der Waals surface area (Å²) in [6.07, 6.45) is 1.26. The first-order valence-corrected chi connectivity index (χ1v) is 11.7.